The molecule has 1 aromatic heterocycles. The molecule has 1 saturated heterocycles. The van der Waals surface area contributed by atoms with E-state index in [1.807, 2.05) is 6.07 Å². The summed E-state index contributed by atoms with van der Waals surface area (Å²) in [5.74, 6) is 0.987. The molecule has 0 aromatic carbocycles. The van der Waals surface area contributed by atoms with Crippen molar-refractivity contribution in [2.24, 2.45) is 5.73 Å². The summed E-state index contributed by atoms with van der Waals surface area (Å²) in [6.45, 7) is 7.42. The fraction of sp³-hybridized carbons (Fsp3) is 0.667. The second-order valence-corrected chi connectivity index (χ2v) is 4.55. The van der Waals surface area contributed by atoms with E-state index in [1.165, 1.54) is 0 Å². The van der Waals surface area contributed by atoms with Gasteiger partial charge in [0.1, 0.15) is 5.76 Å². The van der Waals surface area contributed by atoms with Gasteiger partial charge in [-0.2, -0.15) is 0 Å². The predicted octanol–water partition coefficient (Wildman–Crippen LogP) is 1.35. The third-order valence-electron chi connectivity index (χ3n) is 3.04. The van der Waals surface area contributed by atoms with Gasteiger partial charge in [-0.25, -0.2) is 0 Å². The molecule has 1 fully saturated rings. The summed E-state index contributed by atoms with van der Waals surface area (Å²) in [7, 11) is 0. The lowest BCUT2D eigenvalue weighted by Crippen LogP contribution is -2.46. The number of furan rings is 1. The van der Waals surface area contributed by atoms with Crippen LogP contribution in [-0.4, -0.2) is 30.2 Å². The van der Waals surface area contributed by atoms with Gasteiger partial charge in [-0.15, -0.1) is 0 Å². The van der Waals surface area contributed by atoms with Gasteiger partial charge in [-0.1, -0.05) is 0 Å². The molecule has 0 spiro atoms. The standard InChI is InChI=1S/C12H20N2O2/c1-9-7-15-10(2)5-14(9)6-12-3-11(4-13)8-16-12/h3,8-10H,4-7,13H2,1-2H3. The zero-order valence-corrected chi connectivity index (χ0v) is 9.98. The number of nitrogens with zero attached hydrogens (tertiary/aromatic N) is 1. The maximum atomic E-state index is 5.59. The molecule has 1 aromatic rings. The highest BCUT2D eigenvalue weighted by molar-refractivity contribution is 5.12. The Morgan fingerprint density at radius 2 is 2.31 bits per heavy atom. The van der Waals surface area contributed by atoms with Crippen LogP contribution in [0.5, 0.6) is 0 Å². The highest BCUT2D eigenvalue weighted by atomic mass is 16.5. The molecule has 2 rings (SSSR count). The zero-order valence-electron chi connectivity index (χ0n) is 9.98. The van der Waals surface area contributed by atoms with E-state index in [4.69, 9.17) is 14.9 Å². The lowest BCUT2D eigenvalue weighted by Gasteiger charge is -2.36. The Bertz CT molecular complexity index is 338. The Morgan fingerprint density at radius 3 is 3.00 bits per heavy atom. The van der Waals surface area contributed by atoms with Crippen molar-refractivity contribution in [2.45, 2.75) is 39.1 Å². The van der Waals surface area contributed by atoms with Crippen molar-refractivity contribution in [3.8, 4) is 0 Å². The molecule has 2 N–H and O–H groups in total. The van der Waals surface area contributed by atoms with E-state index in [1.54, 1.807) is 6.26 Å². The van der Waals surface area contributed by atoms with Gasteiger partial charge in [0.25, 0.3) is 0 Å². The normalized spacial score (nSPS) is 27.2. The summed E-state index contributed by atoms with van der Waals surface area (Å²) in [5.41, 5.74) is 6.61. The van der Waals surface area contributed by atoms with Crippen LogP contribution in [0.4, 0.5) is 0 Å². The van der Waals surface area contributed by atoms with Crippen LogP contribution in [0, 0.1) is 0 Å². The van der Waals surface area contributed by atoms with Crippen LogP contribution >= 0.6 is 0 Å². The smallest absolute Gasteiger partial charge is 0.118 e. The number of nitrogens with two attached hydrogens (primary N) is 1. The molecule has 1 aliphatic rings. The largest absolute Gasteiger partial charge is 0.468 e. The Hall–Kier alpha value is -0.840. The van der Waals surface area contributed by atoms with Crippen molar-refractivity contribution in [3.05, 3.63) is 23.7 Å². The van der Waals surface area contributed by atoms with Crippen LogP contribution < -0.4 is 5.73 Å². The van der Waals surface area contributed by atoms with Crippen LogP contribution in [0.3, 0.4) is 0 Å². The SMILES string of the molecule is CC1CN(Cc2cc(CN)co2)C(C)CO1. The van der Waals surface area contributed by atoms with Crippen LogP contribution in [0.1, 0.15) is 25.2 Å². The summed E-state index contributed by atoms with van der Waals surface area (Å²) in [6, 6.07) is 2.48. The number of morpholine rings is 1. The van der Waals surface area contributed by atoms with Gasteiger partial charge >= 0.3 is 0 Å². The van der Waals surface area contributed by atoms with Gasteiger partial charge < -0.3 is 14.9 Å². The van der Waals surface area contributed by atoms with Crippen molar-refractivity contribution in [1.29, 1.82) is 0 Å². The van der Waals surface area contributed by atoms with Crippen LogP contribution in [0.25, 0.3) is 0 Å². The quantitative estimate of drug-likeness (QED) is 0.842. The zero-order chi connectivity index (χ0) is 11.5. The summed E-state index contributed by atoms with van der Waals surface area (Å²) < 4.78 is 11.1. The molecule has 2 unspecified atom stereocenters. The van der Waals surface area contributed by atoms with E-state index in [0.29, 0.717) is 18.7 Å². The van der Waals surface area contributed by atoms with Gasteiger partial charge in [-0.05, 0) is 19.9 Å². The van der Waals surface area contributed by atoms with E-state index in [-0.39, 0.29) is 0 Å². The van der Waals surface area contributed by atoms with E-state index < -0.39 is 0 Å². The first-order valence-corrected chi connectivity index (χ1v) is 5.81. The topological polar surface area (TPSA) is 51.6 Å². The molecule has 2 atom stereocenters. The highest BCUT2D eigenvalue weighted by Crippen LogP contribution is 2.16. The Balaban J connectivity index is 1.97. The summed E-state index contributed by atoms with van der Waals surface area (Å²) in [4.78, 5) is 2.38. The van der Waals surface area contributed by atoms with E-state index in [2.05, 4.69) is 18.7 Å². The van der Waals surface area contributed by atoms with Gasteiger partial charge in [0, 0.05) is 24.7 Å². The van der Waals surface area contributed by atoms with Crippen molar-refractivity contribution >= 4 is 0 Å². The molecule has 4 nitrogen and oxygen atoms in total. The Morgan fingerprint density at radius 1 is 1.50 bits per heavy atom. The molecule has 1 aliphatic heterocycles. The average Bonchev–Trinajstić information content (AvgIpc) is 2.71. The van der Waals surface area contributed by atoms with Crippen LogP contribution in [0.15, 0.2) is 16.7 Å². The third kappa shape index (κ3) is 2.64. The summed E-state index contributed by atoms with van der Waals surface area (Å²) in [5, 5.41) is 0. The Labute approximate surface area is 96.4 Å². The van der Waals surface area contributed by atoms with Crippen molar-refractivity contribution in [1.82, 2.24) is 4.90 Å². The fourth-order valence-corrected chi connectivity index (χ4v) is 2.01. The monoisotopic (exact) mass is 224 g/mol. The first-order chi connectivity index (χ1) is 7.69. The molecule has 0 amide bonds. The minimum Gasteiger partial charge on any atom is -0.468 e. The van der Waals surface area contributed by atoms with Gasteiger partial charge in [-0.3, -0.25) is 4.90 Å². The molecule has 0 bridgehead atoms. The molecule has 90 valence electrons. The summed E-state index contributed by atoms with van der Waals surface area (Å²) in [6.07, 6.45) is 2.05. The van der Waals surface area contributed by atoms with Gasteiger partial charge in [0.15, 0.2) is 0 Å². The summed E-state index contributed by atoms with van der Waals surface area (Å²) >= 11 is 0. The molecule has 0 aliphatic carbocycles. The predicted molar refractivity (Wildman–Crippen MR) is 61.9 cm³/mol. The minimum absolute atomic E-state index is 0.306. The van der Waals surface area contributed by atoms with E-state index in [9.17, 15) is 0 Å². The van der Waals surface area contributed by atoms with Crippen LogP contribution in [-0.2, 0) is 17.8 Å². The molecule has 16 heavy (non-hydrogen) atoms. The van der Waals surface area contributed by atoms with Crippen molar-refractivity contribution < 1.29 is 9.15 Å². The molecule has 4 heteroatoms. The van der Waals surface area contributed by atoms with E-state index in [0.717, 1.165) is 31.0 Å². The first kappa shape index (κ1) is 11.6. The third-order valence-corrected chi connectivity index (χ3v) is 3.04. The molecular formula is C12H20N2O2. The number of rotatable bonds is 3. The van der Waals surface area contributed by atoms with Crippen molar-refractivity contribution in [3.63, 3.8) is 0 Å². The second kappa shape index (κ2) is 4.99. The Kier molecular flexibility index (Phi) is 3.63. The second-order valence-electron chi connectivity index (χ2n) is 4.55. The fourth-order valence-electron chi connectivity index (χ4n) is 2.01. The maximum Gasteiger partial charge on any atom is 0.118 e. The highest BCUT2D eigenvalue weighted by Gasteiger charge is 2.24. The molecule has 2 heterocycles. The first-order valence-electron chi connectivity index (χ1n) is 5.81. The molecule has 0 radical (unpaired) electrons. The number of ether oxygens (including phenoxy) is 1. The van der Waals surface area contributed by atoms with E-state index >= 15 is 0 Å². The van der Waals surface area contributed by atoms with Gasteiger partial charge in [0.2, 0.25) is 0 Å². The van der Waals surface area contributed by atoms with Crippen molar-refractivity contribution in [2.75, 3.05) is 13.2 Å². The molecule has 0 saturated carbocycles. The molecular weight excluding hydrogens is 204 g/mol. The number of hydrogen-bond donors (Lipinski definition) is 1. The average molecular weight is 224 g/mol. The van der Waals surface area contributed by atoms with Crippen LogP contribution in [0.2, 0.25) is 0 Å². The lowest BCUT2D eigenvalue weighted by atomic mass is 10.2. The lowest BCUT2D eigenvalue weighted by molar-refractivity contribution is -0.0545. The minimum atomic E-state index is 0.306. The number of hydrogen-bond acceptors (Lipinski definition) is 4. The van der Waals surface area contributed by atoms with Gasteiger partial charge in [0.05, 0.1) is 25.5 Å². The maximum absolute atomic E-state index is 5.59.